The normalized spacial score (nSPS) is 21.8. The molecule has 0 aromatic carbocycles. The Bertz CT molecular complexity index is 205. The molecule has 1 saturated heterocycles. The largest absolute Gasteiger partial charge is 1.00 e. The maximum Gasteiger partial charge on any atom is -1.00 e. The molecule has 78 valence electrons. The van der Waals surface area contributed by atoms with Crippen LogP contribution in [0.5, 0.6) is 0 Å². The Kier molecular flexibility index (Phi) is 5.89. The first-order valence-corrected chi connectivity index (χ1v) is 6.41. The van der Waals surface area contributed by atoms with Gasteiger partial charge in [-0.1, -0.05) is 0 Å². The summed E-state index contributed by atoms with van der Waals surface area (Å²) in [5, 5.41) is 0. The number of nitrogens with zero attached hydrogens (tertiary/aromatic N) is 1. The molecule has 0 bridgehead atoms. The minimum atomic E-state index is -0.362. The number of likely N-dealkylation sites (tertiary alicyclic amines) is 1. The van der Waals surface area contributed by atoms with E-state index >= 15 is 0 Å². The third kappa shape index (κ3) is 4.92. The molecule has 0 N–H and O–H groups in total. The van der Waals surface area contributed by atoms with Crippen molar-refractivity contribution in [3.63, 3.8) is 0 Å². The molecule has 0 saturated carbocycles. The van der Waals surface area contributed by atoms with Crippen LogP contribution in [-0.2, 0) is 23.0 Å². The maximum absolute atomic E-state index is 11.5. The fourth-order valence-electron chi connectivity index (χ4n) is 1.32. The molecule has 1 heterocycles. The topological polar surface area (TPSA) is 29.5 Å². The van der Waals surface area contributed by atoms with E-state index in [0.29, 0.717) is 0 Å². The molecule has 0 radical (unpaired) electrons. The summed E-state index contributed by atoms with van der Waals surface area (Å²) >= 11 is 1.28. The van der Waals surface area contributed by atoms with Gasteiger partial charge in [-0.2, -0.15) is 0 Å². The Balaban J connectivity index is 0.00000169. The quantitative estimate of drug-likeness (QED) is 0.407. The first-order chi connectivity index (χ1) is 5.88. The summed E-state index contributed by atoms with van der Waals surface area (Å²) in [5.41, 5.74) is -0.362. The van der Waals surface area contributed by atoms with E-state index in [1.165, 1.54) is 18.3 Å². The van der Waals surface area contributed by atoms with Gasteiger partial charge in [0.05, 0.1) is 0 Å². The van der Waals surface area contributed by atoms with E-state index in [9.17, 15) is 4.79 Å². The van der Waals surface area contributed by atoms with Crippen molar-refractivity contribution in [2.75, 3.05) is 13.1 Å². The van der Waals surface area contributed by atoms with Crippen molar-refractivity contribution in [2.45, 2.75) is 37.3 Å². The predicted molar refractivity (Wildman–Crippen MR) is 46.2 cm³/mol. The van der Waals surface area contributed by atoms with Gasteiger partial charge < -0.3 is 24.0 Å². The van der Waals surface area contributed by atoms with Crippen LogP contribution in [0.2, 0.25) is 4.51 Å². The van der Waals surface area contributed by atoms with Crippen molar-refractivity contribution in [3.05, 3.63) is 0 Å². The summed E-state index contributed by atoms with van der Waals surface area (Å²) in [6, 6.07) is 0. The van der Waals surface area contributed by atoms with Gasteiger partial charge in [0.1, 0.15) is 0 Å². The second kappa shape index (κ2) is 5.64. The molecule has 5 heteroatoms. The van der Waals surface area contributed by atoms with Crippen LogP contribution in [0.25, 0.3) is 0 Å². The molecule has 1 aliphatic rings. The van der Waals surface area contributed by atoms with E-state index in [1.54, 1.807) is 0 Å². The van der Waals surface area contributed by atoms with Gasteiger partial charge >= 0.3 is 89.2 Å². The maximum atomic E-state index is 11.5. The number of carbonyl (C=O) groups is 1. The van der Waals surface area contributed by atoms with Crippen LogP contribution >= 0.6 is 0 Å². The summed E-state index contributed by atoms with van der Waals surface area (Å²) in [7, 11) is 0. The van der Waals surface area contributed by atoms with Gasteiger partial charge in [0.2, 0.25) is 0 Å². The van der Waals surface area contributed by atoms with Crippen LogP contribution in [0.3, 0.4) is 0 Å². The number of hydrogen-bond donors (Lipinski definition) is 0. The molecule has 1 atom stereocenters. The molecule has 1 fully saturated rings. The van der Waals surface area contributed by atoms with E-state index in [4.69, 9.17) is 4.74 Å². The Morgan fingerprint density at radius 3 is 2.43 bits per heavy atom. The first kappa shape index (κ1) is 14.6. The Hall–Kier alpha value is 0.623. The fraction of sp³-hybridized carbons (Fsp3) is 0.889. The van der Waals surface area contributed by atoms with E-state index in [1.807, 2.05) is 25.7 Å². The molecule has 0 aliphatic carbocycles. The average molecular weight is 363 g/mol. The van der Waals surface area contributed by atoms with E-state index in [-0.39, 0.29) is 35.7 Å². The van der Waals surface area contributed by atoms with Gasteiger partial charge in [0.25, 0.3) is 0 Å². The van der Waals surface area contributed by atoms with Crippen molar-refractivity contribution in [1.82, 2.24) is 4.90 Å². The van der Waals surface area contributed by atoms with Crippen LogP contribution < -0.4 is 24.0 Å². The van der Waals surface area contributed by atoms with Gasteiger partial charge in [-0.15, -0.1) is 0 Å². The molecule has 14 heavy (non-hydrogen) atoms. The van der Waals surface area contributed by atoms with Crippen LogP contribution in [0.15, 0.2) is 0 Å². The van der Waals surface area contributed by atoms with Crippen molar-refractivity contribution in [1.29, 1.82) is 0 Å². The number of rotatable bonds is 0. The number of hydrogen-bond acceptors (Lipinski definition) is 2. The van der Waals surface area contributed by atoms with Gasteiger partial charge in [-0.05, 0) is 0 Å². The second-order valence-electron chi connectivity index (χ2n) is 4.58. The molecule has 1 amide bonds. The molecule has 0 aromatic heterocycles. The second-order valence-corrected chi connectivity index (χ2v) is 7.00. The zero-order chi connectivity index (χ0) is 10.1. The molecule has 1 unspecified atom stereocenters. The van der Waals surface area contributed by atoms with Gasteiger partial charge in [0.15, 0.2) is 0 Å². The monoisotopic (exact) mass is 361 g/mol. The Morgan fingerprint density at radius 2 is 2.07 bits per heavy atom. The Labute approximate surface area is 113 Å². The first-order valence-electron chi connectivity index (χ1n) is 4.69. The standard InChI is InChI=1S/C9H16NO2.HI.Zn/c1-9(2,3)12-8(11)10-6-4-5-7-10;;/h4H,5-7H2,1-3H3;1H;/q;;+1/p-1. The number of amides is 1. The van der Waals surface area contributed by atoms with Crippen molar-refractivity contribution in [2.24, 2.45) is 0 Å². The van der Waals surface area contributed by atoms with Gasteiger partial charge in [-0.3, -0.25) is 0 Å². The SMILES string of the molecule is CC(C)(C)OC(=O)N1CC[CH]([Zn+])C1.[I-]. The smallest absolute Gasteiger partial charge is 1.00 e. The average Bonchev–Trinajstić information content (AvgIpc) is 2.31. The number of ether oxygens (including phenoxy) is 1. The molecule has 0 spiro atoms. The van der Waals surface area contributed by atoms with Crippen molar-refractivity contribution < 1.29 is 51.8 Å². The molecule has 1 aliphatic heterocycles. The summed E-state index contributed by atoms with van der Waals surface area (Å²) in [6.45, 7) is 7.48. The summed E-state index contributed by atoms with van der Waals surface area (Å²) in [5.74, 6) is 0. The minimum absolute atomic E-state index is 0. The predicted octanol–water partition coefficient (Wildman–Crippen LogP) is -1.03. The number of halogens is 1. The van der Waals surface area contributed by atoms with E-state index < -0.39 is 0 Å². The van der Waals surface area contributed by atoms with Crippen LogP contribution in [-0.4, -0.2) is 29.7 Å². The summed E-state index contributed by atoms with van der Waals surface area (Å²) < 4.78 is 6.01. The van der Waals surface area contributed by atoms with Crippen LogP contribution in [0, 0.1) is 0 Å². The molecular weight excluding hydrogens is 346 g/mol. The van der Waals surface area contributed by atoms with Crippen LogP contribution in [0.1, 0.15) is 27.2 Å². The zero-order valence-electron chi connectivity index (χ0n) is 9.05. The third-order valence-electron chi connectivity index (χ3n) is 1.94. The van der Waals surface area contributed by atoms with E-state index in [0.717, 1.165) is 24.0 Å². The third-order valence-corrected chi connectivity index (χ3v) is 3.34. The van der Waals surface area contributed by atoms with Crippen molar-refractivity contribution in [3.8, 4) is 0 Å². The molecule has 3 nitrogen and oxygen atoms in total. The van der Waals surface area contributed by atoms with Gasteiger partial charge in [-0.25, -0.2) is 0 Å². The Morgan fingerprint density at radius 1 is 1.50 bits per heavy atom. The van der Waals surface area contributed by atoms with Crippen LogP contribution in [0.4, 0.5) is 4.79 Å². The van der Waals surface area contributed by atoms with Crippen molar-refractivity contribution >= 4 is 6.09 Å². The molecule has 0 aromatic rings. The molecular formula is C9H16INO2Zn. The summed E-state index contributed by atoms with van der Waals surface area (Å²) in [6.07, 6.45) is 1.00. The minimum Gasteiger partial charge on any atom is -1.00 e. The summed E-state index contributed by atoms with van der Waals surface area (Å²) in [4.78, 5) is 13.3. The molecule has 1 rings (SSSR count). The zero-order valence-corrected chi connectivity index (χ0v) is 14.2. The number of carbonyl (C=O) groups excluding carboxylic acids is 1. The fourth-order valence-corrected chi connectivity index (χ4v) is 2.36. The van der Waals surface area contributed by atoms with Gasteiger partial charge in [0, 0.05) is 0 Å². The van der Waals surface area contributed by atoms with E-state index in [2.05, 4.69) is 0 Å².